The van der Waals surface area contributed by atoms with Crippen LogP contribution in [0.25, 0.3) is 0 Å². The fourth-order valence-electron chi connectivity index (χ4n) is 2.76. The predicted molar refractivity (Wildman–Crippen MR) is 74.7 cm³/mol. The molecule has 18 heavy (non-hydrogen) atoms. The van der Waals surface area contributed by atoms with Crippen LogP contribution in [0.2, 0.25) is 0 Å². The van der Waals surface area contributed by atoms with Gasteiger partial charge in [0.2, 0.25) is 0 Å². The Balaban J connectivity index is 2.11. The molecule has 1 aromatic rings. The van der Waals surface area contributed by atoms with Crippen LogP contribution in [0, 0.1) is 0 Å². The van der Waals surface area contributed by atoms with Gasteiger partial charge in [0, 0.05) is 30.9 Å². The molecule has 0 saturated heterocycles. The van der Waals surface area contributed by atoms with E-state index in [0.29, 0.717) is 6.04 Å². The van der Waals surface area contributed by atoms with E-state index in [9.17, 15) is 0 Å². The number of hydrogen-bond acceptors (Lipinski definition) is 4. The molecule has 2 rings (SSSR count). The van der Waals surface area contributed by atoms with Gasteiger partial charge in [-0.1, -0.05) is 26.2 Å². The van der Waals surface area contributed by atoms with E-state index < -0.39 is 0 Å². The Bertz CT molecular complexity index is 380. The number of aromatic nitrogens is 2. The Kier molecular flexibility index (Phi) is 4.53. The summed E-state index contributed by atoms with van der Waals surface area (Å²) >= 11 is 0. The van der Waals surface area contributed by atoms with Crippen LogP contribution in [0.3, 0.4) is 0 Å². The third-order valence-corrected chi connectivity index (χ3v) is 3.86. The van der Waals surface area contributed by atoms with Crippen molar-refractivity contribution < 1.29 is 0 Å². The summed E-state index contributed by atoms with van der Waals surface area (Å²) in [5.41, 5.74) is 7.35. The summed E-state index contributed by atoms with van der Waals surface area (Å²) in [7, 11) is 2.11. The standard InChI is InChI=1S/C14H24N4/c1-3-6-11-9-14(17-10-16-11)18(2)13-8-5-4-7-12(13)15/h9-10,12-13H,3-8,15H2,1-2H3. The lowest BCUT2D eigenvalue weighted by molar-refractivity contribution is 0.372. The lowest BCUT2D eigenvalue weighted by atomic mass is 9.90. The zero-order valence-corrected chi connectivity index (χ0v) is 11.5. The molecule has 1 aliphatic rings. The monoisotopic (exact) mass is 248 g/mol. The highest BCUT2D eigenvalue weighted by Gasteiger charge is 2.26. The van der Waals surface area contributed by atoms with Crippen molar-refractivity contribution in [2.45, 2.75) is 57.5 Å². The summed E-state index contributed by atoms with van der Waals surface area (Å²) in [6.45, 7) is 2.17. The number of nitrogens with two attached hydrogens (primary N) is 1. The van der Waals surface area contributed by atoms with Crippen molar-refractivity contribution in [1.29, 1.82) is 0 Å². The number of hydrogen-bond donors (Lipinski definition) is 1. The average Bonchev–Trinajstić information content (AvgIpc) is 2.39. The van der Waals surface area contributed by atoms with Gasteiger partial charge in [-0.2, -0.15) is 0 Å². The molecular formula is C14H24N4. The molecule has 2 unspecified atom stereocenters. The molecule has 1 fully saturated rings. The molecule has 100 valence electrons. The van der Waals surface area contributed by atoms with Gasteiger partial charge in [-0.15, -0.1) is 0 Å². The molecule has 4 heteroatoms. The molecule has 1 aliphatic carbocycles. The van der Waals surface area contributed by atoms with Crippen molar-refractivity contribution >= 4 is 5.82 Å². The Hall–Kier alpha value is -1.16. The lowest BCUT2D eigenvalue weighted by Gasteiger charge is -2.36. The molecular weight excluding hydrogens is 224 g/mol. The van der Waals surface area contributed by atoms with Gasteiger partial charge >= 0.3 is 0 Å². The highest BCUT2D eigenvalue weighted by Crippen LogP contribution is 2.24. The van der Waals surface area contributed by atoms with Gasteiger partial charge < -0.3 is 10.6 Å². The molecule has 0 bridgehead atoms. The highest BCUT2D eigenvalue weighted by molar-refractivity contribution is 5.40. The summed E-state index contributed by atoms with van der Waals surface area (Å²) in [5.74, 6) is 1.01. The first-order chi connectivity index (χ1) is 8.72. The number of likely N-dealkylation sites (N-methyl/N-ethyl adjacent to an activating group) is 1. The first kappa shape index (κ1) is 13.3. The van der Waals surface area contributed by atoms with Crippen LogP contribution in [0.1, 0.15) is 44.7 Å². The highest BCUT2D eigenvalue weighted by atomic mass is 15.2. The maximum absolute atomic E-state index is 6.23. The van der Waals surface area contributed by atoms with Gasteiger partial charge in [-0.25, -0.2) is 9.97 Å². The van der Waals surface area contributed by atoms with Gasteiger partial charge in [0.15, 0.2) is 0 Å². The Morgan fingerprint density at radius 1 is 1.33 bits per heavy atom. The quantitative estimate of drug-likeness (QED) is 0.887. The fraction of sp³-hybridized carbons (Fsp3) is 0.714. The van der Waals surface area contributed by atoms with E-state index in [1.54, 1.807) is 6.33 Å². The zero-order valence-electron chi connectivity index (χ0n) is 11.5. The maximum atomic E-state index is 6.23. The molecule has 4 nitrogen and oxygen atoms in total. The van der Waals surface area contributed by atoms with Crippen LogP contribution in [0.5, 0.6) is 0 Å². The van der Waals surface area contributed by atoms with Gasteiger partial charge in [-0.05, 0) is 19.3 Å². The van der Waals surface area contributed by atoms with Crippen LogP contribution < -0.4 is 10.6 Å². The van der Waals surface area contributed by atoms with Crippen molar-refractivity contribution in [3.8, 4) is 0 Å². The van der Waals surface area contributed by atoms with Crippen molar-refractivity contribution in [1.82, 2.24) is 9.97 Å². The molecule has 0 radical (unpaired) electrons. The summed E-state index contributed by atoms with van der Waals surface area (Å²) in [6.07, 6.45) is 8.63. The van der Waals surface area contributed by atoms with Crippen LogP contribution in [0.15, 0.2) is 12.4 Å². The first-order valence-corrected chi connectivity index (χ1v) is 7.01. The molecule has 0 spiro atoms. The van der Waals surface area contributed by atoms with E-state index in [1.807, 2.05) is 0 Å². The van der Waals surface area contributed by atoms with Crippen molar-refractivity contribution in [2.24, 2.45) is 5.73 Å². The third-order valence-electron chi connectivity index (χ3n) is 3.86. The van der Waals surface area contributed by atoms with Gasteiger partial charge in [0.1, 0.15) is 12.1 Å². The van der Waals surface area contributed by atoms with Crippen molar-refractivity contribution in [2.75, 3.05) is 11.9 Å². The second-order valence-corrected chi connectivity index (χ2v) is 5.24. The summed E-state index contributed by atoms with van der Waals surface area (Å²) < 4.78 is 0. The van der Waals surface area contributed by atoms with Crippen molar-refractivity contribution in [3.05, 3.63) is 18.1 Å². The third kappa shape index (κ3) is 2.99. The summed E-state index contributed by atoms with van der Waals surface area (Å²) in [5, 5.41) is 0. The van der Waals surface area contributed by atoms with E-state index in [2.05, 4.69) is 34.9 Å². The van der Waals surface area contributed by atoms with Gasteiger partial charge in [0.05, 0.1) is 0 Å². The van der Waals surface area contributed by atoms with Gasteiger partial charge in [-0.3, -0.25) is 0 Å². The zero-order chi connectivity index (χ0) is 13.0. The van der Waals surface area contributed by atoms with E-state index in [4.69, 9.17) is 5.73 Å². The molecule has 0 aliphatic heterocycles. The van der Waals surface area contributed by atoms with E-state index >= 15 is 0 Å². The molecule has 2 atom stereocenters. The van der Waals surface area contributed by atoms with Crippen LogP contribution in [0.4, 0.5) is 5.82 Å². The molecule has 1 aromatic heterocycles. The number of rotatable bonds is 4. The van der Waals surface area contributed by atoms with Crippen LogP contribution >= 0.6 is 0 Å². The van der Waals surface area contributed by atoms with Crippen LogP contribution in [-0.4, -0.2) is 29.1 Å². The number of anilines is 1. The predicted octanol–water partition coefficient (Wildman–Crippen LogP) is 2.14. The van der Waals surface area contributed by atoms with E-state index in [1.165, 1.54) is 19.3 Å². The maximum Gasteiger partial charge on any atom is 0.132 e. The number of aryl methyl sites for hydroxylation is 1. The number of nitrogens with zero attached hydrogens (tertiary/aromatic N) is 3. The first-order valence-electron chi connectivity index (χ1n) is 7.01. The van der Waals surface area contributed by atoms with Gasteiger partial charge in [0.25, 0.3) is 0 Å². The molecule has 1 saturated carbocycles. The van der Waals surface area contributed by atoms with E-state index in [-0.39, 0.29) is 6.04 Å². The Morgan fingerprint density at radius 3 is 2.83 bits per heavy atom. The second kappa shape index (κ2) is 6.14. The van der Waals surface area contributed by atoms with Crippen LogP contribution in [-0.2, 0) is 6.42 Å². The summed E-state index contributed by atoms with van der Waals surface area (Å²) in [6, 6.07) is 2.79. The largest absolute Gasteiger partial charge is 0.355 e. The fourth-order valence-corrected chi connectivity index (χ4v) is 2.76. The topological polar surface area (TPSA) is 55.0 Å². The molecule has 0 amide bonds. The molecule has 1 heterocycles. The lowest BCUT2D eigenvalue weighted by Crippen LogP contribution is -2.48. The normalized spacial score (nSPS) is 23.9. The Labute approximate surface area is 110 Å². The minimum absolute atomic E-state index is 0.272. The average molecular weight is 248 g/mol. The second-order valence-electron chi connectivity index (χ2n) is 5.24. The molecule has 0 aromatic carbocycles. The molecule has 2 N–H and O–H groups in total. The van der Waals surface area contributed by atoms with E-state index in [0.717, 1.165) is 30.8 Å². The smallest absolute Gasteiger partial charge is 0.132 e. The Morgan fingerprint density at radius 2 is 2.11 bits per heavy atom. The minimum Gasteiger partial charge on any atom is -0.355 e. The minimum atomic E-state index is 0.272. The van der Waals surface area contributed by atoms with Crippen molar-refractivity contribution in [3.63, 3.8) is 0 Å². The summed E-state index contributed by atoms with van der Waals surface area (Å²) in [4.78, 5) is 10.9. The SMILES string of the molecule is CCCc1cc(N(C)C2CCCCC2N)ncn1.